The van der Waals surface area contributed by atoms with E-state index >= 15 is 0 Å². The van der Waals surface area contributed by atoms with Crippen LogP contribution in [0.5, 0.6) is 0 Å². The van der Waals surface area contributed by atoms with E-state index in [-0.39, 0.29) is 17.9 Å². The van der Waals surface area contributed by atoms with E-state index in [1.807, 2.05) is 23.8 Å². The normalized spacial score (nSPS) is 20.6. The predicted molar refractivity (Wildman–Crippen MR) is 95.2 cm³/mol. The number of hydrogen-bond donors (Lipinski definition) is 0. The van der Waals surface area contributed by atoms with Crippen LogP contribution >= 0.6 is 0 Å². The zero-order valence-corrected chi connectivity index (χ0v) is 15.3. The number of nitrogens with zero attached hydrogens (tertiary/aromatic N) is 3. The van der Waals surface area contributed by atoms with E-state index in [9.17, 15) is 9.59 Å². The Kier molecular flexibility index (Phi) is 5.78. The minimum atomic E-state index is -0.0564. The lowest BCUT2D eigenvalue weighted by Gasteiger charge is -2.41. The minimum absolute atomic E-state index is 0.0340. The van der Waals surface area contributed by atoms with Crippen molar-refractivity contribution >= 4 is 11.8 Å². The van der Waals surface area contributed by atoms with Crippen LogP contribution < -0.4 is 0 Å². The number of carbonyl (C=O) groups excluding carboxylic acids is 2. The summed E-state index contributed by atoms with van der Waals surface area (Å²) in [5.74, 6) is 1.02. The SMILES string of the molecule is CCN(C)C(=O)C(C1CCCC1)N1CCN(C(=O)c2ccco2)CC1. The predicted octanol–water partition coefficient (Wildman–Crippen LogP) is 2.07. The van der Waals surface area contributed by atoms with Crippen LogP contribution in [0.15, 0.2) is 22.8 Å². The van der Waals surface area contributed by atoms with Crippen molar-refractivity contribution in [2.75, 3.05) is 39.8 Å². The topological polar surface area (TPSA) is 57.0 Å². The molecule has 0 spiro atoms. The zero-order valence-electron chi connectivity index (χ0n) is 15.3. The molecule has 2 heterocycles. The first-order valence-corrected chi connectivity index (χ1v) is 9.43. The van der Waals surface area contributed by atoms with Crippen LogP contribution in [0.1, 0.15) is 43.2 Å². The average molecular weight is 347 g/mol. The van der Waals surface area contributed by atoms with Gasteiger partial charge in [-0.05, 0) is 37.8 Å². The van der Waals surface area contributed by atoms with Gasteiger partial charge in [-0.3, -0.25) is 14.5 Å². The van der Waals surface area contributed by atoms with Gasteiger partial charge < -0.3 is 14.2 Å². The van der Waals surface area contributed by atoms with Gasteiger partial charge in [0.2, 0.25) is 5.91 Å². The van der Waals surface area contributed by atoms with Gasteiger partial charge in [0, 0.05) is 39.8 Å². The number of piperazine rings is 1. The summed E-state index contributed by atoms with van der Waals surface area (Å²) in [4.78, 5) is 31.3. The van der Waals surface area contributed by atoms with Gasteiger partial charge in [-0.25, -0.2) is 0 Å². The Labute approximate surface area is 149 Å². The molecule has 1 aliphatic carbocycles. The first-order valence-electron chi connectivity index (χ1n) is 9.43. The van der Waals surface area contributed by atoms with Gasteiger partial charge in [-0.2, -0.15) is 0 Å². The largest absolute Gasteiger partial charge is 0.459 e. The van der Waals surface area contributed by atoms with Crippen molar-refractivity contribution < 1.29 is 14.0 Å². The highest BCUT2D eigenvalue weighted by Gasteiger charge is 2.38. The van der Waals surface area contributed by atoms with E-state index in [2.05, 4.69) is 4.90 Å². The van der Waals surface area contributed by atoms with Crippen molar-refractivity contribution in [1.29, 1.82) is 0 Å². The molecule has 0 radical (unpaired) electrons. The van der Waals surface area contributed by atoms with Crippen LogP contribution in [0, 0.1) is 5.92 Å². The fourth-order valence-corrected chi connectivity index (χ4v) is 4.07. The Morgan fingerprint density at radius 3 is 2.48 bits per heavy atom. The van der Waals surface area contributed by atoms with Gasteiger partial charge in [0.05, 0.1) is 12.3 Å². The third-order valence-electron chi connectivity index (χ3n) is 5.68. The van der Waals surface area contributed by atoms with E-state index < -0.39 is 0 Å². The standard InChI is InChI=1S/C19H29N3O3/c1-3-20(2)19(24)17(15-7-4-5-8-15)21-10-12-22(13-11-21)18(23)16-9-6-14-25-16/h6,9,14-15,17H,3-5,7-8,10-13H2,1-2H3. The van der Waals surface area contributed by atoms with Crippen molar-refractivity contribution in [3.63, 3.8) is 0 Å². The van der Waals surface area contributed by atoms with Gasteiger partial charge in [0.15, 0.2) is 5.76 Å². The first-order chi connectivity index (χ1) is 12.1. The van der Waals surface area contributed by atoms with Gasteiger partial charge >= 0.3 is 0 Å². The molecule has 1 saturated carbocycles. The fourth-order valence-electron chi connectivity index (χ4n) is 4.07. The van der Waals surface area contributed by atoms with Crippen LogP contribution in [-0.4, -0.2) is 72.3 Å². The molecule has 6 nitrogen and oxygen atoms in total. The molecule has 138 valence electrons. The molecular formula is C19H29N3O3. The summed E-state index contributed by atoms with van der Waals surface area (Å²) < 4.78 is 5.22. The monoisotopic (exact) mass is 347 g/mol. The molecule has 25 heavy (non-hydrogen) atoms. The maximum atomic E-state index is 13.0. The summed E-state index contributed by atoms with van der Waals surface area (Å²) in [6, 6.07) is 3.41. The molecule has 2 amide bonds. The number of rotatable bonds is 5. The third-order valence-corrected chi connectivity index (χ3v) is 5.68. The Bertz CT molecular complexity index is 573. The lowest BCUT2D eigenvalue weighted by atomic mass is 9.94. The van der Waals surface area contributed by atoms with Crippen LogP contribution in [0.4, 0.5) is 0 Å². The van der Waals surface area contributed by atoms with Gasteiger partial charge in [-0.15, -0.1) is 0 Å². The number of likely N-dealkylation sites (N-methyl/N-ethyl adjacent to an activating group) is 1. The molecular weight excluding hydrogens is 318 g/mol. The van der Waals surface area contributed by atoms with Crippen molar-refractivity contribution in [2.24, 2.45) is 5.92 Å². The fraction of sp³-hybridized carbons (Fsp3) is 0.684. The molecule has 1 unspecified atom stereocenters. The van der Waals surface area contributed by atoms with E-state index in [0.29, 0.717) is 24.8 Å². The maximum absolute atomic E-state index is 13.0. The van der Waals surface area contributed by atoms with Crippen molar-refractivity contribution in [1.82, 2.24) is 14.7 Å². The smallest absolute Gasteiger partial charge is 0.289 e. The number of carbonyl (C=O) groups is 2. The van der Waals surface area contributed by atoms with Crippen LogP contribution in [0.3, 0.4) is 0 Å². The first kappa shape index (κ1) is 18.0. The Balaban J connectivity index is 1.65. The highest BCUT2D eigenvalue weighted by Crippen LogP contribution is 2.32. The summed E-state index contributed by atoms with van der Waals surface area (Å²) in [5, 5.41) is 0. The second-order valence-corrected chi connectivity index (χ2v) is 7.15. The molecule has 0 bridgehead atoms. The molecule has 1 aromatic heterocycles. The lowest BCUT2D eigenvalue weighted by Crippen LogP contribution is -2.58. The molecule has 2 aliphatic rings. The lowest BCUT2D eigenvalue weighted by molar-refractivity contribution is -0.138. The summed E-state index contributed by atoms with van der Waals surface area (Å²) >= 11 is 0. The van der Waals surface area contributed by atoms with E-state index in [1.165, 1.54) is 19.1 Å². The Hall–Kier alpha value is -1.82. The van der Waals surface area contributed by atoms with Crippen molar-refractivity contribution in [3.8, 4) is 0 Å². The van der Waals surface area contributed by atoms with Crippen LogP contribution in [-0.2, 0) is 4.79 Å². The maximum Gasteiger partial charge on any atom is 0.289 e. The highest BCUT2D eigenvalue weighted by molar-refractivity contribution is 5.91. The average Bonchev–Trinajstić information content (AvgIpc) is 3.35. The number of amides is 2. The summed E-state index contributed by atoms with van der Waals surface area (Å²) in [5.41, 5.74) is 0. The van der Waals surface area contributed by atoms with Crippen molar-refractivity contribution in [3.05, 3.63) is 24.2 Å². The van der Waals surface area contributed by atoms with Gasteiger partial charge in [-0.1, -0.05) is 12.8 Å². The Morgan fingerprint density at radius 2 is 1.92 bits per heavy atom. The molecule has 0 N–H and O–H groups in total. The van der Waals surface area contributed by atoms with Crippen molar-refractivity contribution in [2.45, 2.75) is 38.6 Å². The number of hydrogen-bond acceptors (Lipinski definition) is 4. The molecule has 2 fully saturated rings. The molecule has 6 heteroatoms. The minimum Gasteiger partial charge on any atom is -0.459 e. The number of furan rings is 1. The highest BCUT2D eigenvalue weighted by atomic mass is 16.3. The molecule has 3 rings (SSSR count). The molecule has 1 aliphatic heterocycles. The van der Waals surface area contributed by atoms with Crippen LogP contribution in [0.2, 0.25) is 0 Å². The Morgan fingerprint density at radius 1 is 1.24 bits per heavy atom. The molecule has 1 aromatic rings. The second kappa shape index (κ2) is 8.04. The zero-order chi connectivity index (χ0) is 17.8. The second-order valence-electron chi connectivity index (χ2n) is 7.15. The summed E-state index contributed by atoms with van der Waals surface area (Å²) in [6.07, 6.45) is 6.25. The van der Waals surface area contributed by atoms with E-state index in [0.717, 1.165) is 32.5 Å². The molecule has 1 atom stereocenters. The van der Waals surface area contributed by atoms with E-state index in [1.54, 1.807) is 12.1 Å². The summed E-state index contributed by atoms with van der Waals surface area (Å²) in [7, 11) is 1.89. The van der Waals surface area contributed by atoms with Gasteiger partial charge in [0.25, 0.3) is 5.91 Å². The molecule has 1 saturated heterocycles. The van der Waals surface area contributed by atoms with Gasteiger partial charge in [0.1, 0.15) is 0 Å². The molecule has 0 aromatic carbocycles. The van der Waals surface area contributed by atoms with E-state index in [4.69, 9.17) is 4.42 Å². The quantitative estimate of drug-likeness (QED) is 0.818. The third kappa shape index (κ3) is 3.89. The summed E-state index contributed by atoms with van der Waals surface area (Å²) in [6.45, 7) is 5.54. The van der Waals surface area contributed by atoms with Crippen LogP contribution in [0.25, 0.3) is 0 Å².